The molecule has 9 nitrogen and oxygen atoms in total. The largest absolute Gasteiger partial charge is 0.369 e. The first-order chi connectivity index (χ1) is 16.7. The van der Waals surface area contributed by atoms with Crippen LogP contribution in [0.5, 0.6) is 0 Å². The number of hydrogen-bond acceptors (Lipinski definition) is 6. The van der Waals surface area contributed by atoms with Gasteiger partial charge in [-0.1, -0.05) is 30.3 Å². The van der Waals surface area contributed by atoms with E-state index in [1.54, 1.807) is 12.5 Å². The molecule has 0 aliphatic carbocycles. The number of hydrogen-bond donors (Lipinski definition) is 5. The van der Waals surface area contributed by atoms with Crippen molar-refractivity contribution in [2.24, 2.45) is 0 Å². The Hall–Kier alpha value is -3.92. The van der Waals surface area contributed by atoms with E-state index in [4.69, 9.17) is 0 Å². The molecule has 0 saturated carbocycles. The van der Waals surface area contributed by atoms with E-state index in [1.807, 2.05) is 60.8 Å². The van der Waals surface area contributed by atoms with Crippen LogP contribution in [0.15, 0.2) is 77.8 Å². The third-order valence-electron chi connectivity index (χ3n) is 4.91. The molecule has 2 aromatic carbocycles. The van der Waals surface area contributed by atoms with E-state index in [0.717, 1.165) is 28.7 Å². The zero-order valence-corrected chi connectivity index (χ0v) is 20.0. The van der Waals surface area contributed by atoms with Crippen LogP contribution in [-0.4, -0.2) is 39.1 Å². The van der Waals surface area contributed by atoms with Gasteiger partial charge in [0.2, 0.25) is 5.95 Å². The number of imidazole rings is 1. The number of aromatic amines is 1. The number of aromatic nitrogens is 4. The van der Waals surface area contributed by atoms with Gasteiger partial charge in [-0.3, -0.25) is 0 Å². The molecule has 0 saturated heterocycles. The molecule has 4 rings (SSSR count). The van der Waals surface area contributed by atoms with Crippen LogP contribution < -0.4 is 21.3 Å². The van der Waals surface area contributed by atoms with Gasteiger partial charge in [-0.15, -0.1) is 0 Å². The number of nitrogens with zero attached hydrogens (tertiary/aromatic N) is 3. The van der Waals surface area contributed by atoms with Crippen molar-refractivity contribution in [1.29, 1.82) is 0 Å². The Kier molecular flexibility index (Phi) is 8.07. The maximum Gasteiger partial charge on any atom is 0.319 e. The molecule has 0 atom stereocenters. The van der Waals surface area contributed by atoms with Gasteiger partial charge in [-0.2, -0.15) is 4.98 Å². The lowest BCUT2D eigenvalue weighted by molar-refractivity contribution is 0.252. The molecular weight excluding hydrogens is 496 g/mol. The van der Waals surface area contributed by atoms with Gasteiger partial charge in [0, 0.05) is 43.3 Å². The van der Waals surface area contributed by atoms with Gasteiger partial charge in [-0.25, -0.2) is 14.8 Å². The van der Waals surface area contributed by atoms with Crippen LogP contribution in [0.2, 0.25) is 0 Å². The van der Waals surface area contributed by atoms with Gasteiger partial charge < -0.3 is 26.3 Å². The minimum atomic E-state index is -0.238. The number of H-pyrrole nitrogens is 1. The van der Waals surface area contributed by atoms with E-state index in [2.05, 4.69) is 57.1 Å². The number of benzene rings is 2. The Morgan fingerprint density at radius 3 is 2.50 bits per heavy atom. The highest BCUT2D eigenvalue weighted by Crippen LogP contribution is 2.22. The Labute approximate surface area is 206 Å². The number of nitrogens with one attached hydrogen (secondary N) is 5. The van der Waals surface area contributed by atoms with Crippen molar-refractivity contribution < 1.29 is 4.79 Å². The maximum absolute atomic E-state index is 12.1. The predicted octanol–water partition coefficient (Wildman–Crippen LogP) is 4.72. The molecule has 4 aromatic rings. The number of halogens is 1. The minimum Gasteiger partial charge on any atom is -0.369 e. The number of anilines is 4. The van der Waals surface area contributed by atoms with Gasteiger partial charge in [0.05, 0.1) is 16.5 Å². The summed E-state index contributed by atoms with van der Waals surface area (Å²) in [5, 5.41) is 12.2. The summed E-state index contributed by atoms with van der Waals surface area (Å²) in [4.78, 5) is 28.1. The molecule has 2 amide bonds. The van der Waals surface area contributed by atoms with Gasteiger partial charge >= 0.3 is 6.03 Å². The summed E-state index contributed by atoms with van der Waals surface area (Å²) in [6.07, 6.45) is 6.79. The van der Waals surface area contributed by atoms with Crippen LogP contribution >= 0.6 is 15.9 Å². The van der Waals surface area contributed by atoms with Crippen LogP contribution in [0.1, 0.15) is 11.3 Å². The van der Waals surface area contributed by atoms with Crippen molar-refractivity contribution in [3.8, 4) is 0 Å². The van der Waals surface area contributed by atoms with E-state index >= 15 is 0 Å². The fraction of sp³-hybridized carbons (Fsp3) is 0.167. The van der Waals surface area contributed by atoms with Gasteiger partial charge in [0.1, 0.15) is 5.82 Å². The number of urea groups is 1. The molecule has 34 heavy (non-hydrogen) atoms. The second-order valence-corrected chi connectivity index (χ2v) is 8.30. The van der Waals surface area contributed by atoms with Crippen molar-refractivity contribution in [2.45, 2.75) is 12.8 Å². The summed E-state index contributed by atoms with van der Waals surface area (Å²) in [7, 11) is 0. The molecule has 10 heteroatoms. The third-order valence-corrected chi connectivity index (χ3v) is 5.49. The van der Waals surface area contributed by atoms with E-state index in [9.17, 15) is 4.79 Å². The van der Waals surface area contributed by atoms with Crippen LogP contribution in [0.3, 0.4) is 0 Å². The molecule has 0 aliphatic heterocycles. The first-order valence-electron chi connectivity index (χ1n) is 10.9. The molecule has 0 aliphatic rings. The Balaban J connectivity index is 1.25. The summed E-state index contributed by atoms with van der Waals surface area (Å²) in [6.45, 7) is 1.25. The average Bonchev–Trinajstić information content (AvgIpc) is 3.37. The summed E-state index contributed by atoms with van der Waals surface area (Å²) in [5.74, 6) is 1.16. The quantitative estimate of drug-likeness (QED) is 0.206. The van der Waals surface area contributed by atoms with Crippen molar-refractivity contribution in [3.05, 3.63) is 89.0 Å². The van der Waals surface area contributed by atoms with Gasteiger partial charge in [0.25, 0.3) is 0 Å². The van der Waals surface area contributed by atoms with Gasteiger partial charge in [-0.05, 0) is 52.2 Å². The monoisotopic (exact) mass is 520 g/mol. The Morgan fingerprint density at radius 1 is 0.941 bits per heavy atom. The molecule has 0 bridgehead atoms. The SMILES string of the molecule is O=C(NCCc1ccccc1)Nc1ccc(Nc2ncc(Br)c(NCCc3c[nH]cn3)n2)cc1. The average molecular weight is 521 g/mol. The minimum absolute atomic E-state index is 0.238. The van der Waals surface area contributed by atoms with E-state index < -0.39 is 0 Å². The Morgan fingerprint density at radius 2 is 1.74 bits per heavy atom. The van der Waals surface area contributed by atoms with Crippen molar-refractivity contribution in [3.63, 3.8) is 0 Å². The molecule has 0 radical (unpaired) electrons. The van der Waals surface area contributed by atoms with Crippen molar-refractivity contribution in [2.75, 3.05) is 29.0 Å². The highest BCUT2D eigenvalue weighted by molar-refractivity contribution is 9.10. The second-order valence-electron chi connectivity index (χ2n) is 7.45. The lowest BCUT2D eigenvalue weighted by atomic mass is 10.1. The molecule has 0 fully saturated rings. The number of carbonyl (C=O) groups is 1. The van der Waals surface area contributed by atoms with E-state index in [0.29, 0.717) is 30.5 Å². The summed E-state index contributed by atoms with van der Waals surface area (Å²) >= 11 is 3.48. The van der Waals surface area contributed by atoms with Crippen LogP contribution in [-0.2, 0) is 12.8 Å². The summed E-state index contributed by atoms with van der Waals surface area (Å²) in [5.41, 5.74) is 3.67. The second kappa shape index (κ2) is 11.8. The predicted molar refractivity (Wildman–Crippen MR) is 137 cm³/mol. The van der Waals surface area contributed by atoms with E-state index in [-0.39, 0.29) is 6.03 Å². The molecule has 2 aromatic heterocycles. The number of carbonyl (C=O) groups excluding carboxylic acids is 1. The first kappa shape index (κ1) is 23.2. The third kappa shape index (κ3) is 7.04. The smallest absolute Gasteiger partial charge is 0.319 e. The van der Waals surface area contributed by atoms with Crippen LogP contribution in [0.4, 0.5) is 27.9 Å². The zero-order valence-electron chi connectivity index (χ0n) is 18.4. The van der Waals surface area contributed by atoms with Crippen molar-refractivity contribution >= 4 is 45.1 Å². The topological polar surface area (TPSA) is 120 Å². The number of rotatable bonds is 10. The highest BCUT2D eigenvalue weighted by atomic mass is 79.9. The molecule has 0 spiro atoms. The van der Waals surface area contributed by atoms with Gasteiger partial charge in [0.15, 0.2) is 0 Å². The Bertz CT molecular complexity index is 1180. The van der Waals surface area contributed by atoms with E-state index in [1.165, 1.54) is 5.56 Å². The summed E-state index contributed by atoms with van der Waals surface area (Å²) in [6, 6.07) is 17.2. The highest BCUT2D eigenvalue weighted by Gasteiger charge is 2.07. The molecular formula is C24H25BrN8O. The van der Waals surface area contributed by atoms with Crippen molar-refractivity contribution in [1.82, 2.24) is 25.3 Å². The molecule has 174 valence electrons. The molecule has 0 unspecified atom stereocenters. The first-order valence-corrected chi connectivity index (χ1v) is 11.6. The fourth-order valence-electron chi connectivity index (χ4n) is 3.19. The lowest BCUT2D eigenvalue weighted by Crippen LogP contribution is -2.30. The standard InChI is InChI=1S/C24H25BrN8O/c25-21-15-29-23(33-22(21)27-13-11-20-14-26-16-30-20)31-18-6-8-19(9-7-18)32-24(34)28-12-10-17-4-2-1-3-5-17/h1-9,14-16H,10-13H2,(H,26,30)(H2,28,32,34)(H2,27,29,31,33). The summed E-state index contributed by atoms with van der Waals surface area (Å²) < 4.78 is 0.776. The zero-order chi connectivity index (χ0) is 23.6. The van der Waals surface area contributed by atoms with Crippen LogP contribution in [0, 0.1) is 0 Å². The lowest BCUT2D eigenvalue weighted by Gasteiger charge is -2.11. The fourth-order valence-corrected chi connectivity index (χ4v) is 3.53. The maximum atomic E-state index is 12.1. The number of amides is 2. The normalized spacial score (nSPS) is 10.5. The molecule has 2 heterocycles. The van der Waals surface area contributed by atoms with Crippen LogP contribution in [0.25, 0.3) is 0 Å². The molecule has 5 N–H and O–H groups in total.